The van der Waals surface area contributed by atoms with Crippen molar-refractivity contribution in [1.82, 2.24) is 14.5 Å². The molecule has 1 aromatic heterocycles. The molecule has 2 rings (SSSR count). The van der Waals surface area contributed by atoms with Crippen molar-refractivity contribution >= 4 is 0 Å². The van der Waals surface area contributed by atoms with Crippen molar-refractivity contribution in [2.75, 3.05) is 14.1 Å². The number of rotatable bonds is 7. The minimum Gasteiger partial charge on any atom is -0.326 e. The highest BCUT2D eigenvalue weighted by molar-refractivity contribution is 5.57. The van der Waals surface area contributed by atoms with Gasteiger partial charge in [0.2, 0.25) is 0 Å². The van der Waals surface area contributed by atoms with Crippen LogP contribution in [0.4, 0.5) is 4.39 Å². The first-order chi connectivity index (χ1) is 10.8. The molecule has 0 aliphatic carbocycles. The molecule has 0 radical (unpaired) electrons. The number of halogens is 1. The molecule has 0 unspecified atom stereocenters. The molecule has 0 fully saturated rings. The zero-order valence-corrected chi connectivity index (χ0v) is 14.9. The van der Waals surface area contributed by atoms with Gasteiger partial charge in [0.25, 0.3) is 0 Å². The van der Waals surface area contributed by atoms with E-state index in [2.05, 4.69) is 16.4 Å². The maximum absolute atomic E-state index is 14.8. The monoisotopic (exact) mass is 317 g/mol. The van der Waals surface area contributed by atoms with E-state index < -0.39 is 5.67 Å². The van der Waals surface area contributed by atoms with Crippen molar-refractivity contribution in [3.8, 4) is 11.4 Å². The van der Waals surface area contributed by atoms with Crippen LogP contribution in [0.15, 0.2) is 30.3 Å². The summed E-state index contributed by atoms with van der Waals surface area (Å²) in [6, 6.07) is 10.1. The number of nitrogens with zero attached hydrogens (tertiary/aromatic N) is 3. The van der Waals surface area contributed by atoms with Gasteiger partial charge < -0.3 is 9.47 Å². The lowest BCUT2D eigenvalue weighted by Gasteiger charge is -2.19. The van der Waals surface area contributed by atoms with Gasteiger partial charge in [-0.25, -0.2) is 9.37 Å². The number of aromatic nitrogens is 2. The third kappa shape index (κ3) is 4.20. The Morgan fingerprint density at radius 1 is 1.17 bits per heavy atom. The Balaban J connectivity index is 2.62. The molecule has 0 amide bonds. The maximum atomic E-state index is 14.8. The molecule has 0 aliphatic heterocycles. The number of benzene rings is 1. The van der Waals surface area contributed by atoms with E-state index in [4.69, 9.17) is 4.98 Å². The number of hydrogen-bond acceptors (Lipinski definition) is 2. The van der Waals surface area contributed by atoms with Gasteiger partial charge in [0.05, 0.1) is 5.69 Å². The Morgan fingerprint density at radius 3 is 2.35 bits per heavy atom. The molecule has 126 valence electrons. The van der Waals surface area contributed by atoms with Gasteiger partial charge in [-0.3, -0.25) is 0 Å². The van der Waals surface area contributed by atoms with E-state index >= 15 is 0 Å². The van der Waals surface area contributed by atoms with E-state index in [1.807, 2.05) is 44.4 Å². The van der Waals surface area contributed by atoms with Gasteiger partial charge in [0.1, 0.15) is 17.2 Å². The lowest BCUT2D eigenvalue weighted by atomic mass is 10.1. The molecule has 23 heavy (non-hydrogen) atoms. The fraction of sp³-hybridized carbons (Fsp3) is 0.526. The first-order valence-corrected chi connectivity index (χ1v) is 8.33. The quantitative estimate of drug-likeness (QED) is 0.743. The van der Waals surface area contributed by atoms with Gasteiger partial charge >= 0.3 is 0 Å². The van der Waals surface area contributed by atoms with Crippen LogP contribution in [0.2, 0.25) is 0 Å². The molecular weight excluding hydrogens is 289 g/mol. The summed E-state index contributed by atoms with van der Waals surface area (Å²) in [5.74, 6) is 0.872. The number of unbranched alkanes of at least 4 members (excludes halogenated alkanes) is 1. The van der Waals surface area contributed by atoms with Gasteiger partial charge in [0.15, 0.2) is 0 Å². The highest BCUT2D eigenvalue weighted by Gasteiger charge is 2.30. The largest absolute Gasteiger partial charge is 0.326 e. The summed E-state index contributed by atoms with van der Waals surface area (Å²) in [5, 5.41) is 0. The fourth-order valence-electron chi connectivity index (χ4n) is 2.79. The van der Waals surface area contributed by atoms with Crippen LogP contribution < -0.4 is 0 Å². The third-order valence-electron chi connectivity index (χ3n) is 3.87. The second-order valence-electron chi connectivity index (χ2n) is 6.81. The Labute approximate surface area is 139 Å². The average molecular weight is 317 g/mol. The molecule has 1 aromatic carbocycles. The third-order valence-corrected chi connectivity index (χ3v) is 3.87. The summed E-state index contributed by atoms with van der Waals surface area (Å²) < 4.78 is 17.0. The molecular formula is C19H28FN3. The van der Waals surface area contributed by atoms with E-state index in [0.29, 0.717) is 12.2 Å². The molecule has 1 heterocycles. The predicted octanol–water partition coefficient (Wildman–Crippen LogP) is 4.62. The lowest BCUT2D eigenvalue weighted by Crippen LogP contribution is -2.20. The smallest absolute Gasteiger partial charge is 0.149 e. The van der Waals surface area contributed by atoms with E-state index in [1.165, 1.54) is 0 Å². The van der Waals surface area contributed by atoms with Crippen LogP contribution in [-0.4, -0.2) is 28.5 Å². The van der Waals surface area contributed by atoms with Crippen LogP contribution in [0.5, 0.6) is 0 Å². The van der Waals surface area contributed by atoms with Crippen molar-refractivity contribution < 1.29 is 4.39 Å². The molecule has 4 heteroatoms. The summed E-state index contributed by atoms with van der Waals surface area (Å²) in [6.07, 6.45) is 2.16. The predicted molar refractivity (Wildman–Crippen MR) is 94.1 cm³/mol. The van der Waals surface area contributed by atoms with Crippen LogP contribution in [0.3, 0.4) is 0 Å². The standard InChI is InChI=1S/C19H28FN3/c1-6-7-13-23-16(14-22(4)5)17(19(2,3)20)21-18(23)15-11-9-8-10-12-15/h8-12H,6-7,13-14H2,1-5H3. The number of hydrogen-bond donors (Lipinski definition) is 0. The SMILES string of the molecule is CCCCn1c(-c2ccccc2)nc(C(C)(C)F)c1CN(C)C. The summed E-state index contributed by atoms with van der Waals surface area (Å²) in [7, 11) is 4.02. The van der Waals surface area contributed by atoms with Gasteiger partial charge in [-0.15, -0.1) is 0 Å². The van der Waals surface area contributed by atoms with Gasteiger partial charge in [-0.2, -0.15) is 0 Å². The van der Waals surface area contributed by atoms with Gasteiger partial charge in [0, 0.05) is 18.7 Å². The van der Waals surface area contributed by atoms with E-state index in [1.54, 1.807) is 13.8 Å². The second kappa shape index (κ2) is 7.26. The average Bonchev–Trinajstić information content (AvgIpc) is 2.84. The molecule has 0 bridgehead atoms. The molecule has 0 atom stereocenters. The summed E-state index contributed by atoms with van der Waals surface area (Å²) in [4.78, 5) is 6.79. The van der Waals surface area contributed by atoms with Crippen LogP contribution >= 0.6 is 0 Å². The normalized spacial score (nSPS) is 12.1. The molecule has 0 saturated heterocycles. The van der Waals surface area contributed by atoms with Gasteiger partial charge in [-0.05, 0) is 34.4 Å². The zero-order valence-electron chi connectivity index (χ0n) is 14.9. The molecule has 0 saturated carbocycles. The van der Waals surface area contributed by atoms with Crippen LogP contribution in [0.1, 0.15) is 45.0 Å². The van der Waals surface area contributed by atoms with Gasteiger partial charge in [-0.1, -0.05) is 43.7 Å². The molecule has 2 aromatic rings. The van der Waals surface area contributed by atoms with Crippen molar-refractivity contribution in [2.24, 2.45) is 0 Å². The highest BCUT2D eigenvalue weighted by atomic mass is 19.1. The lowest BCUT2D eigenvalue weighted by molar-refractivity contribution is 0.210. The highest BCUT2D eigenvalue weighted by Crippen LogP contribution is 2.32. The van der Waals surface area contributed by atoms with Crippen molar-refractivity contribution in [1.29, 1.82) is 0 Å². The maximum Gasteiger partial charge on any atom is 0.149 e. The first-order valence-electron chi connectivity index (χ1n) is 8.33. The van der Waals surface area contributed by atoms with E-state index in [0.717, 1.165) is 36.5 Å². The molecule has 3 nitrogen and oxygen atoms in total. The van der Waals surface area contributed by atoms with Crippen molar-refractivity contribution in [3.05, 3.63) is 41.7 Å². The van der Waals surface area contributed by atoms with Crippen molar-refractivity contribution in [3.63, 3.8) is 0 Å². The number of imidazole rings is 1. The van der Waals surface area contributed by atoms with Crippen molar-refractivity contribution in [2.45, 2.75) is 52.4 Å². The Kier molecular flexibility index (Phi) is 5.58. The topological polar surface area (TPSA) is 21.1 Å². The van der Waals surface area contributed by atoms with Crippen LogP contribution in [0.25, 0.3) is 11.4 Å². The van der Waals surface area contributed by atoms with E-state index in [9.17, 15) is 4.39 Å². The molecule has 0 N–H and O–H groups in total. The summed E-state index contributed by atoms with van der Waals surface area (Å²) >= 11 is 0. The van der Waals surface area contributed by atoms with E-state index in [-0.39, 0.29) is 0 Å². The zero-order chi connectivity index (χ0) is 17.0. The minimum absolute atomic E-state index is 0.557. The second-order valence-corrected chi connectivity index (χ2v) is 6.81. The Bertz CT molecular complexity index is 624. The Hall–Kier alpha value is -1.68. The molecule has 0 spiro atoms. The van der Waals surface area contributed by atoms with Crippen LogP contribution in [0, 0.1) is 0 Å². The fourth-order valence-corrected chi connectivity index (χ4v) is 2.79. The summed E-state index contributed by atoms with van der Waals surface area (Å²) in [5.41, 5.74) is 1.13. The van der Waals surface area contributed by atoms with Crippen LogP contribution in [-0.2, 0) is 18.8 Å². The summed E-state index contributed by atoms with van der Waals surface area (Å²) in [6.45, 7) is 6.91. The Morgan fingerprint density at radius 2 is 1.83 bits per heavy atom. The first kappa shape index (κ1) is 17.7. The number of alkyl halides is 1. The molecule has 0 aliphatic rings. The minimum atomic E-state index is -1.45.